The van der Waals surface area contributed by atoms with Crippen LogP contribution < -0.4 is 10.7 Å². The molecule has 0 unspecified atom stereocenters. The molecular formula is C7H10N4O. The molecule has 0 spiro atoms. The molecule has 64 valence electrons. The van der Waals surface area contributed by atoms with E-state index in [4.69, 9.17) is 5.73 Å². The topological polar surface area (TPSA) is 64.2 Å². The fraction of sp³-hybridized carbons (Fsp3) is 0.143. The molecule has 1 rings (SSSR count). The molecule has 1 heterocycles. The van der Waals surface area contributed by atoms with Crippen LogP contribution in [-0.4, -0.2) is 22.2 Å². The van der Waals surface area contributed by atoms with Gasteiger partial charge in [-0.05, 0) is 0 Å². The summed E-state index contributed by atoms with van der Waals surface area (Å²) in [5.41, 5.74) is 5.10. The average molecular weight is 166 g/mol. The number of amides is 2. The van der Waals surface area contributed by atoms with Crippen LogP contribution in [0.1, 0.15) is 0 Å². The summed E-state index contributed by atoms with van der Waals surface area (Å²) in [4.78, 5) is 14.6. The second-order valence-electron chi connectivity index (χ2n) is 2.15. The van der Waals surface area contributed by atoms with E-state index in [2.05, 4.69) is 11.6 Å². The quantitative estimate of drug-likeness (QED) is 0.646. The molecule has 0 aliphatic rings. The Morgan fingerprint density at radius 1 is 1.83 bits per heavy atom. The highest BCUT2D eigenvalue weighted by Gasteiger charge is 2.07. The molecule has 0 aliphatic heterocycles. The van der Waals surface area contributed by atoms with Crippen molar-refractivity contribution in [3.63, 3.8) is 0 Å². The smallest absolute Gasteiger partial charge is 0.334 e. The lowest BCUT2D eigenvalue weighted by atomic mass is 10.6. The maximum absolute atomic E-state index is 10.8. The number of urea groups is 1. The average Bonchev–Trinajstić information content (AvgIpc) is 2.51. The van der Waals surface area contributed by atoms with Crippen LogP contribution >= 0.6 is 0 Å². The number of rotatable bonds is 3. The highest BCUT2D eigenvalue weighted by atomic mass is 16.2. The van der Waals surface area contributed by atoms with Crippen molar-refractivity contribution in [1.82, 2.24) is 9.66 Å². The van der Waals surface area contributed by atoms with E-state index in [1.165, 1.54) is 16.0 Å². The molecule has 0 aromatic carbocycles. The highest BCUT2D eigenvalue weighted by molar-refractivity contribution is 5.82. The van der Waals surface area contributed by atoms with Gasteiger partial charge in [0.15, 0.2) is 0 Å². The standard InChI is InChI=1S/C7H10N4O/c1-2-4-11(7(8)12)10-5-3-9-6-10/h2-3,5-6H,1,4H2,(H2,8,12). The zero-order valence-corrected chi connectivity index (χ0v) is 6.55. The minimum Gasteiger partial charge on any atom is -0.350 e. The zero-order chi connectivity index (χ0) is 8.97. The summed E-state index contributed by atoms with van der Waals surface area (Å²) in [6.07, 6.45) is 6.28. The zero-order valence-electron chi connectivity index (χ0n) is 6.55. The number of hydrogen-bond acceptors (Lipinski definition) is 2. The summed E-state index contributed by atoms with van der Waals surface area (Å²) in [5.74, 6) is 0. The van der Waals surface area contributed by atoms with E-state index < -0.39 is 6.03 Å². The third kappa shape index (κ3) is 1.63. The third-order valence-corrected chi connectivity index (χ3v) is 1.33. The van der Waals surface area contributed by atoms with Gasteiger partial charge in [0.1, 0.15) is 6.33 Å². The Morgan fingerprint density at radius 3 is 3.00 bits per heavy atom. The molecule has 0 fully saturated rings. The molecule has 0 bridgehead atoms. The molecule has 2 amide bonds. The maximum Gasteiger partial charge on any atom is 0.334 e. The van der Waals surface area contributed by atoms with Gasteiger partial charge in [-0.1, -0.05) is 6.08 Å². The third-order valence-electron chi connectivity index (χ3n) is 1.33. The minimum absolute atomic E-state index is 0.367. The van der Waals surface area contributed by atoms with Crippen LogP contribution in [0.3, 0.4) is 0 Å². The predicted octanol–water partition coefficient (Wildman–Crippen LogP) is 0.0858. The van der Waals surface area contributed by atoms with Crippen molar-refractivity contribution in [3.8, 4) is 0 Å². The molecule has 0 saturated carbocycles. The van der Waals surface area contributed by atoms with E-state index in [0.29, 0.717) is 6.54 Å². The Balaban J connectivity index is 2.80. The van der Waals surface area contributed by atoms with E-state index in [-0.39, 0.29) is 0 Å². The van der Waals surface area contributed by atoms with Crippen molar-refractivity contribution < 1.29 is 4.79 Å². The van der Waals surface area contributed by atoms with E-state index in [0.717, 1.165) is 0 Å². The number of nitrogens with zero attached hydrogens (tertiary/aromatic N) is 3. The molecule has 1 aromatic rings. The van der Waals surface area contributed by atoms with Gasteiger partial charge in [0, 0.05) is 12.4 Å². The Bertz CT molecular complexity index is 267. The number of aromatic nitrogens is 2. The van der Waals surface area contributed by atoms with Crippen LogP contribution in [0.15, 0.2) is 31.4 Å². The van der Waals surface area contributed by atoms with Crippen LogP contribution in [0.2, 0.25) is 0 Å². The van der Waals surface area contributed by atoms with E-state index in [9.17, 15) is 4.79 Å². The SMILES string of the molecule is C=CCN(C(N)=O)n1ccnc1. The van der Waals surface area contributed by atoms with Crippen LogP contribution in [0.5, 0.6) is 0 Å². The van der Waals surface area contributed by atoms with Gasteiger partial charge < -0.3 is 5.73 Å². The van der Waals surface area contributed by atoms with Gasteiger partial charge in [0.05, 0.1) is 6.54 Å². The normalized spacial score (nSPS) is 9.33. The molecule has 0 aliphatic carbocycles. The Morgan fingerprint density at radius 2 is 2.58 bits per heavy atom. The molecule has 5 nitrogen and oxygen atoms in total. The number of hydrogen-bond donors (Lipinski definition) is 1. The predicted molar refractivity (Wildman–Crippen MR) is 45.1 cm³/mol. The van der Waals surface area contributed by atoms with Gasteiger partial charge in [-0.2, -0.15) is 0 Å². The first-order chi connectivity index (χ1) is 5.75. The fourth-order valence-corrected chi connectivity index (χ4v) is 0.815. The summed E-state index contributed by atoms with van der Waals surface area (Å²) in [5, 5.41) is 1.31. The van der Waals surface area contributed by atoms with E-state index >= 15 is 0 Å². The maximum atomic E-state index is 10.8. The Labute approximate surface area is 70.1 Å². The molecular weight excluding hydrogens is 156 g/mol. The molecule has 0 saturated heterocycles. The van der Waals surface area contributed by atoms with Gasteiger partial charge >= 0.3 is 6.03 Å². The first kappa shape index (κ1) is 8.32. The number of carbonyl (C=O) groups excluding carboxylic acids is 1. The van der Waals surface area contributed by atoms with Crippen LogP contribution in [-0.2, 0) is 0 Å². The Kier molecular flexibility index (Phi) is 2.47. The number of carbonyl (C=O) groups is 1. The number of nitrogens with two attached hydrogens (primary N) is 1. The van der Waals surface area contributed by atoms with Crippen LogP contribution in [0.25, 0.3) is 0 Å². The van der Waals surface area contributed by atoms with Crippen molar-refractivity contribution in [2.75, 3.05) is 11.6 Å². The highest BCUT2D eigenvalue weighted by Crippen LogP contribution is 1.90. The van der Waals surface area contributed by atoms with Crippen molar-refractivity contribution >= 4 is 6.03 Å². The van der Waals surface area contributed by atoms with Crippen LogP contribution in [0.4, 0.5) is 4.79 Å². The van der Waals surface area contributed by atoms with Gasteiger partial charge in [0.25, 0.3) is 0 Å². The molecule has 0 radical (unpaired) electrons. The van der Waals surface area contributed by atoms with Crippen molar-refractivity contribution in [3.05, 3.63) is 31.4 Å². The number of primary amides is 1. The van der Waals surface area contributed by atoms with Crippen molar-refractivity contribution in [2.45, 2.75) is 0 Å². The van der Waals surface area contributed by atoms with E-state index in [1.807, 2.05) is 0 Å². The second kappa shape index (κ2) is 3.56. The van der Waals surface area contributed by atoms with Gasteiger partial charge in [-0.15, -0.1) is 6.58 Å². The van der Waals surface area contributed by atoms with Gasteiger partial charge in [-0.25, -0.2) is 19.5 Å². The summed E-state index contributed by atoms with van der Waals surface area (Å²) in [6, 6.07) is -0.534. The summed E-state index contributed by atoms with van der Waals surface area (Å²) < 4.78 is 1.50. The summed E-state index contributed by atoms with van der Waals surface area (Å²) >= 11 is 0. The number of imidazole rings is 1. The van der Waals surface area contributed by atoms with Gasteiger partial charge in [-0.3, -0.25) is 0 Å². The largest absolute Gasteiger partial charge is 0.350 e. The summed E-state index contributed by atoms with van der Waals surface area (Å²) in [7, 11) is 0. The van der Waals surface area contributed by atoms with Gasteiger partial charge in [0.2, 0.25) is 0 Å². The second-order valence-corrected chi connectivity index (χ2v) is 2.15. The van der Waals surface area contributed by atoms with E-state index in [1.54, 1.807) is 18.5 Å². The van der Waals surface area contributed by atoms with Crippen molar-refractivity contribution in [2.24, 2.45) is 5.73 Å². The lowest BCUT2D eigenvalue weighted by molar-refractivity contribution is 0.249. The first-order valence-electron chi connectivity index (χ1n) is 3.42. The molecule has 5 heteroatoms. The van der Waals surface area contributed by atoms with Crippen LogP contribution in [0, 0.1) is 0 Å². The Hall–Kier alpha value is -1.78. The molecule has 2 N–H and O–H groups in total. The fourth-order valence-electron chi connectivity index (χ4n) is 0.815. The molecule has 12 heavy (non-hydrogen) atoms. The first-order valence-corrected chi connectivity index (χ1v) is 3.42. The molecule has 1 aromatic heterocycles. The monoisotopic (exact) mass is 166 g/mol. The van der Waals surface area contributed by atoms with Crippen molar-refractivity contribution in [1.29, 1.82) is 0 Å². The lowest BCUT2D eigenvalue weighted by Crippen LogP contribution is -2.43. The summed E-state index contributed by atoms with van der Waals surface area (Å²) in [6.45, 7) is 3.88. The molecule has 0 atom stereocenters. The minimum atomic E-state index is -0.534. The lowest BCUT2D eigenvalue weighted by Gasteiger charge is -2.18.